The van der Waals surface area contributed by atoms with Crippen molar-refractivity contribution >= 4 is 58.8 Å². The van der Waals surface area contributed by atoms with Crippen LogP contribution in [0.1, 0.15) is 0 Å². The van der Waals surface area contributed by atoms with E-state index < -0.39 is 20.2 Å². The van der Waals surface area contributed by atoms with E-state index in [0.717, 1.165) is 0 Å². The molecule has 0 amide bonds. The molecule has 4 N–H and O–H groups in total. The van der Waals surface area contributed by atoms with Crippen molar-refractivity contribution in [2.75, 3.05) is 5.73 Å². The van der Waals surface area contributed by atoms with E-state index in [-0.39, 0.29) is 9.79 Å². The van der Waals surface area contributed by atoms with Gasteiger partial charge in [0, 0.05) is 27.2 Å². The van der Waals surface area contributed by atoms with Gasteiger partial charge >= 0.3 is 0 Å². The fourth-order valence-electron chi connectivity index (χ4n) is 3.26. The van der Waals surface area contributed by atoms with Gasteiger partial charge in [-0.15, -0.1) is 10.2 Å². The molecule has 0 bridgehead atoms. The van der Waals surface area contributed by atoms with Crippen LogP contribution in [0.4, 0.5) is 17.1 Å². The first-order valence-corrected chi connectivity index (χ1v) is 11.6. The molecule has 0 heterocycles. The summed E-state index contributed by atoms with van der Waals surface area (Å²) in [5, 5.41) is 10.1. The van der Waals surface area contributed by atoms with E-state index in [0.29, 0.717) is 38.6 Å². The van der Waals surface area contributed by atoms with Crippen LogP contribution in [0.15, 0.2) is 86.7 Å². The number of nitrogen functional groups attached to an aromatic ring is 1. The summed E-state index contributed by atoms with van der Waals surface area (Å²) in [5.41, 5.74) is 6.99. The van der Waals surface area contributed by atoms with Crippen molar-refractivity contribution in [3.63, 3.8) is 0 Å². The van der Waals surface area contributed by atoms with E-state index in [9.17, 15) is 25.9 Å². The number of rotatable bonds is 4. The van der Waals surface area contributed by atoms with E-state index in [2.05, 4.69) is 10.2 Å². The van der Waals surface area contributed by atoms with E-state index in [1.54, 1.807) is 30.3 Å². The van der Waals surface area contributed by atoms with Crippen LogP contribution in [-0.2, 0) is 20.2 Å². The van der Waals surface area contributed by atoms with Crippen LogP contribution in [0.3, 0.4) is 0 Å². The number of benzene rings is 4. The lowest BCUT2D eigenvalue weighted by molar-refractivity contribution is 0.481. The van der Waals surface area contributed by atoms with Crippen LogP contribution in [0, 0.1) is 0 Å². The lowest BCUT2D eigenvalue weighted by Gasteiger charge is -2.08. The Balaban J connectivity index is 1.86. The van der Waals surface area contributed by atoms with Gasteiger partial charge in [0.1, 0.15) is 4.90 Å². The smallest absolute Gasteiger partial charge is 0.295 e. The summed E-state index contributed by atoms with van der Waals surface area (Å²) in [6.45, 7) is 0. The molecule has 4 rings (SSSR count). The first kappa shape index (κ1) is 20.9. The van der Waals surface area contributed by atoms with E-state index in [4.69, 9.17) is 5.73 Å². The zero-order valence-electron chi connectivity index (χ0n) is 15.7. The van der Waals surface area contributed by atoms with Crippen LogP contribution in [-0.4, -0.2) is 25.9 Å². The van der Waals surface area contributed by atoms with Crippen LogP contribution < -0.4 is 5.73 Å². The Kier molecular flexibility index (Phi) is 4.98. The minimum atomic E-state index is -4.42. The molecule has 0 fully saturated rings. The van der Waals surface area contributed by atoms with Gasteiger partial charge in [0.05, 0.1) is 16.3 Å². The summed E-state index contributed by atoms with van der Waals surface area (Å²) >= 11 is 0. The van der Waals surface area contributed by atoms with Crippen molar-refractivity contribution in [1.29, 1.82) is 0 Å². The highest BCUT2D eigenvalue weighted by molar-refractivity contribution is 7.86. The molecule has 9 nitrogen and oxygen atoms in total. The molecule has 4 aromatic carbocycles. The molecule has 158 valence electrons. The zero-order valence-corrected chi connectivity index (χ0v) is 17.3. The van der Waals surface area contributed by atoms with Crippen molar-refractivity contribution in [3.8, 4) is 0 Å². The van der Waals surface area contributed by atoms with Gasteiger partial charge in [-0.25, -0.2) is 0 Å². The third-order valence-corrected chi connectivity index (χ3v) is 6.46. The number of anilines is 1. The summed E-state index contributed by atoms with van der Waals surface area (Å²) in [4.78, 5) is -0.537. The topological polar surface area (TPSA) is 159 Å². The molecule has 31 heavy (non-hydrogen) atoms. The number of azo groups is 1. The van der Waals surface area contributed by atoms with Crippen molar-refractivity contribution in [1.82, 2.24) is 0 Å². The largest absolute Gasteiger partial charge is 0.398 e. The van der Waals surface area contributed by atoms with Gasteiger partial charge < -0.3 is 5.73 Å². The normalized spacial score (nSPS) is 12.7. The van der Waals surface area contributed by atoms with Gasteiger partial charge in [0.15, 0.2) is 0 Å². The minimum Gasteiger partial charge on any atom is -0.398 e. The quantitative estimate of drug-likeness (QED) is 0.231. The molecular formula is C20H15N3O6S2. The highest BCUT2D eigenvalue weighted by atomic mass is 32.2. The second kappa shape index (κ2) is 7.39. The third-order valence-electron chi connectivity index (χ3n) is 4.70. The molecule has 0 radical (unpaired) electrons. The zero-order chi connectivity index (χ0) is 22.4. The monoisotopic (exact) mass is 457 g/mol. The first-order valence-electron chi connectivity index (χ1n) is 8.76. The Morgan fingerprint density at radius 1 is 0.645 bits per heavy atom. The average Bonchev–Trinajstić information content (AvgIpc) is 2.71. The first-order chi connectivity index (χ1) is 14.6. The van der Waals surface area contributed by atoms with Gasteiger partial charge in [-0.3, -0.25) is 9.11 Å². The maximum atomic E-state index is 11.6. The van der Waals surface area contributed by atoms with Crippen LogP contribution in [0.2, 0.25) is 0 Å². The predicted molar refractivity (Wildman–Crippen MR) is 116 cm³/mol. The molecule has 0 atom stereocenters. The molecule has 0 aliphatic carbocycles. The molecular weight excluding hydrogens is 442 g/mol. The fourth-order valence-corrected chi connectivity index (χ4v) is 4.46. The Labute approximate surface area is 177 Å². The molecule has 0 spiro atoms. The number of nitrogens with two attached hydrogens (primary N) is 1. The lowest BCUT2D eigenvalue weighted by atomic mass is 10.1. The Morgan fingerprint density at radius 3 is 1.84 bits per heavy atom. The van der Waals surface area contributed by atoms with Crippen LogP contribution in [0.25, 0.3) is 21.5 Å². The van der Waals surface area contributed by atoms with Crippen LogP contribution >= 0.6 is 0 Å². The molecule has 0 saturated heterocycles. The van der Waals surface area contributed by atoms with Crippen molar-refractivity contribution in [3.05, 3.63) is 66.7 Å². The lowest BCUT2D eigenvalue weighted by Crippen LogP contribution is -1.98. The average molecular weight is 457 g/mol. The molecule has 0 aliphatic heterocycles. The molecule has 0 aliphatic rings. The van der Waals surface area contributed by atoms with Gasteiger partial charge in [0.25, 0.3) is 20.2 Å². The number of nitrogens with zero attached hydrogens (tertiary/aromatic N) is 2. The van der Waals surface area contributed by atoms with Gasteiger partial charge in [-0.2, -0.15) is 16.8 Å². The van der Waals surface area contributed by atoms with Crippen molar-refractivity contribution in [2.24, 2.45) is 10.2 Å². The highest BCUT2D eigenvalue weighted by Crippen LogP contribution is 2.35. The summed E-state index contributed by atoms with van der Waals surface area (Å²) in [7, 11) is -8.82. The van der Waals surface area contributed by atoms with E-state index in [1.165, 1.54) is 36.4 Å². The van der Waals surface area contributed by atoms with Gasteiger partial charge in [-0.05, 0) is 36.4 Å². The van der Waals surface area contributed by atoms with E-state index in [1.807, 2.05) is 0 Å². The summed E-state index contributed by atoms with van der Waals surface area (Å²) < 4.78 is 64.8. The molecule has 11 heteroatoms. The minimum absolute atomic E-state index is 0.238. The van der Waals surface area contributed by atoms with Gasteiger partial charge in [0.2, 0.25) is 0 Å². The molecule has 0 saturated carbocycles. The number of fused-ring (bicyclic) bond motifs is 2. The Morgan fingerprint density at radius 2 is 1.23 bits per heavy atom. The molecule has 0 unspecified atom stereocenters. The predicted octanol–water partition coefficient (Wildman–Crippen LogP) is 4.48. The maximum absolute atomic E-state index is 11.6. The highest BCUT2D eigenvalue weighted by Gasteiger charge is 2.16. The van der Waals surface area contributed by atoms with Gasteiger partial charge in [-0.1, -0.05) is 30.3 Å². The number of hydrogen-bond acceptors (Lipinski definition) is 7. The SMILES string of the molecule is Nc1ccc(N=Nc2ccc(S(=O)(=O)O)c3ccccc23)c2ccc(S(=O)(=O)O)cc12. The standard InChI is InChI=1S/C20H15N3O6S2/c21-17-7-8-18(14-6-5-12(11-16(14)17)30(24,25)26)22-23-19-9-10-20(31(27,28)29)15-4-2-1-3-13(15)19/h1-11H,21H2,(H,24,25,26)(H,27,28,29). The van der Waals surface area contributed by atoms with Crippen molar-refractivity contribution < 1.29 is 25.9 Å². The Hall–Kier alpha value is -3.38. The van der Waals surface area contributed by atoms with Crippen molar-refractivity contribution in [2.45, 2.75) is 9.79 Å². The fraction of sp³-hybridized carbons (Fsp3) is 0. The molecule has 4 aromatic rings. The second-order valence-corrected chi connectivity index (χ2v) is 9.47. The van der Waals surface area contributed by atoms with E-state index >= 15 is 0 Å². The summed E-state index contributed by atoms with van der Waals surface area (Å²) in [6.07, 6.45) is 0. The van der Waals surface area contributed by atoms with Crippen LogP contribution in [0.5, 0.6) is 0 Å². The summed E-state index contributed by atoms with van der Waals surface area (Å²) in [5.74, 6) is 0. The second-order valence-electron chi connectivity index (χ2n) is 6.66. The molecule has 0 aromatic heterocycles. The summed E-state index contributed by atoms with van der Waals surface area (Å²) in [6, 6.07) is 16.3. The third kappa shape index (κ3) is 3.99. The Bertz CT molecular complexity index is 1600. The number of hydrogen-bond donors (Lipinski definition) is 3. The maximum Gasteiger partial charge on any atom is 0.295 e.